The molecule has 0 amide bonds. The standard InChI is InChI=1S/C21H24Cl2N2O3S/c1-24-21-7-5-16(14-2-6-19(22)20(23)12-14)17-4-3-15(13-18(17)21)29(26,27)25-8-10-28-11-9-25/h2-4,6,12-13,16,21,24H,5,7-11H2,1H3/t16-,21-/m0/s1. The quantitative estimate of drug-likeness (QED) is 0.751. The summed E-state index contributed by atoms with van der Waals surface area (Å²) < 4.78 is 33.0. The predicted molar refractivity (Wildman–Crippen MR) is 115 cm³/mol. The maximum atomic E-state index is 13.1. The van der Waals surface area contributed by atoms with Crippen LogP contribution in [0.3, 0.4) is 0 Å². The molecule has 0 unspecified atom stereocenters. The van der Waals surface area contributed by atoms with Crippen molar-refractivity contribution in [2.24, 2.45) is 0 Å². The molecule has 1 N–H and O–H groups in total. The van der Waals surface area contributed by atoms with Crippen LogP contribution in [0.1, 0.15) is 41.5 Å². The number of fused-ring (bicyclic) bond motifs is 1. The Labute approximate surface area is 182 Å². The van der Waals surface area contributed by atoms with E-state index in [1.54, 1.807) is 6.07 Å². The maximum Gasteiger partial charge on any atom is 0.243 e. The molecular weight excluding hydrogens is 431 g/mol. The van der Waals surface area contributed by atoms with Crippen LogP contribution in [0.2, 0.25) is 10.0 Å². The van der Waals surface area contributed by atoms with E-state index in [4.69, 9.17) is 27.9 Å². The Morgan fingerprint density at radius 3 is 2.45 bits per heavy atom. The molecule has 1 fully saturated rings. The molecule has 0 spiro atoms. The fourth-order valence-corrected chi connectivity index (χ4v) is 6.04. The number of nitrogens with one attached hydrogen (secondary N) is 1. The van der Waals surface area contributed by atoms with Crippen molar-refractivity contribution < 1.29 is 13.2 Å². The van der Waals surface area contributed by atoms with Gasteiger partial charge >= 0.3 is 0 Å². The predicted octanol–water partition coefficient (Wildman–Crippen LogP) is 4.20. The molecule has 1 aliphatic carbocycles. The number of sulfonamides is 1. The summed E-state index contributed by atoms with van der Waals surface area (Å²) in [7, 11) is -1.62. The van der Waals surface area contributed by atoms with Crippen LogP contribution < -0.4 is 5.32 Å². The third-order valence-electron chi connectivity index (χ3n) is 5.86. The Balaban J connectivity index is 1.74. The Hall–Kier alpha value is -1.15. The second kappa shape index (κ2) is 8.53. The van der Waals surface area contributed by atoms with Crippen molar-refractivity contribution in [2.75, 3.05) is 33.4 Å². The molecule has 4 rings (SSSR count). The minimum atomic E-state index is -3.53. The summed E-state index contributed by atoms with van der Waals surface area (Å²) >= 11 is 12.3. The van der Waals surface area contributed by atoms with Gasteiger partial charge in [-0.3, -0.25) is 0 Å². The third kappa shape index (κ3) is 4.07. The number of morpholine rings is 1. The number of rotatable bonds is 4. The van der Waals surface area contributed by atoms with Crippen LogP contribution in [-0.2, 0) is 14.8 Å². The van der Waals surface area contributed by atoms with E-state index >= 15 is 0 Å². The first-order valence-electron chi connectivity index (χ1n) is 9.76. The normalized spacial score (nSPS) is 23.0. The summed E-state index contributed by atoms with van der Waals surface area (Å²) in [5, 5.41) is 4.40. The highest BCUT2D eigenvalue weighted by atomic mass is 35.5. The average molecular weight is 455 g/mol. The van der Waals surface area contributed by atoms with E-state index in [2.05, 4.69) is 5.32 Å². The van der Waals surface area contributed by atoms with Gasteiger partial charge in [0.05, 0.1) is 28.2 Å². The number of nitrogens with zero attached hydrogens (tertiary/aromatic N) is 1. The summed E-state index contributed by atoms with van der Waals surface area (Å²) in [6.07, 6.45) is 1.86. The first-order chi connectivity index (χ1) is 13.9. The van der Waals surface area contributed by atoms with Crippen molar-refractivity contribution in [2.45, 2.75) is 29.7 Å². The van der Waals surface area contributed by atoms with Gasteiger partial charge in [-0.15, -0.1) is 0 Å². The van der Waals surface area contributed by atoms with Crippen molar-refractivity contribution in [3.05, 3.63) is 63.1 Å². The van der Waals surface area contributed by atoms with Crippen molar-refractivity contribution in [1.29, 1.82) is 0 Å². The fourth-order valence-electron chi connectivity index (χ4n) is 4.29. The molecule has 5 nitrogen and oxygen atoms in total. The topological polar surface area (TPSA) is 58.6 Å². The largest absolute Gasteiger partial charge is 0.379 e. The number of benzene rings is 2. The zero-order chi connectivity index (χ0) is 20.6. The minimum Gasteiger partial charge on any atom is -0.379 e. The van der Waals surface area contributed by atoms with Gasteiger partial charge in [-0.25, -0.2) is 8.42 Å². The number of ether oxygens (including phenoxy) is 1. The highest BCUT2D eigenvalue weighted by molar-refractivity contribution is 7.89. The van der Waals surface area contributed by atoms with Crippen molar-refractivity contribution in [3.63, 3.8) is 0 Å². The Morgan fingerprint density at radius 2 is 1.76 bits per heavy atom. The average Bonchev–Trinajstić information content (AvgIpc) is 2.75. The Kier molecular flexibility index (Phi) is 6.21. The summed E-state index contributed by atoms with van der Waals surface area (Å²) in [4.78, 5) is 0.341. The third-order valence-corrected chi connectivity index (χ3v) is 8.49. The lowest BCUT2D eigenvalue weighted by atomic mass is 9.77. The van der Waals surface area contributed by atoms with E-state index < -0.39 is 10.0 Å². The first-order valence-corrected chi connectivity index (χ1v) is 12.0. The van der Waals surface area contributed by atoms with Crippen LogP contribution in [0.4, 0.5) is 0 Å². The molecule has 0 saturated carbocycles. The zero-order valence-electron chi connectivity index (χ0n) is 16.2. The zero-order valence-corrected chi connectivity index (χ0v) is 18.5. The summed E-state index contributed by atoms with van der Waals surface area (Å²) in [6.45, 7) is 1.65. The van der Waals surface area contributed by atoms with Gasteiger partial charge < -0.3 is 10.1 Å². The van der Waals surface area contributed by atoms with Gasteiger partial charge in [-0.1, -0.05) is 35.3 Å². The number of hydrogen-bond donors (Lipinski definition) is 1. The molecule has 2 atom stereocenters. The summed E-state index contributed by atoms with van der Waals surface area (Å²) in [5.41, 5.74) is 3.26. The van der Waals surface area contributed by atoms with E-state index in [1.165, 1.54) is 4.31 Å². The second-order valence-corrected chi connectivity index (χ2v) is 10.2. The molecule has 2 aromatic rings. The highest BCUT2D eigenvalue weighted by Crippen LogP contribution is 2.43. The molecule has 1 saturated heterocycles. The molecule has 1 heterocycles. The van der Waals surface area contributed by atoms with E-state index in [9.17, 15) is 8.42 Å². The van der Waals surface area contributed by atoms with Crippen molar-refractivity contribution in [3.8, 4) is 0 Å². The van der Waals surface area contributed by atoms with Gasteiger partial charge in [-0.05, 0) is 60.8 Å². The van der Waals surface area contributed by atoms with Gasteiger partial charge in [0.15, 0.2) is 0 Å². The van der Waals surface area contributed by atoms with E-state index in [-0.39, 0.29) is 12.0 Å². The minimum absolute atomic E-state index is 0.115. The van der Waals surface area contributed by atoms with Gasteiger partial charge in [0.1, 0.15) is 0 Å². The smallest absolute Gasteiger partial charge is 0.243 e. The summed E-state index contributed by atoms with van der Waals surface area (Å²) in [5.74, 6) is 0.157. The maximum absolute atomic E-state index is 13.1. The van der Waals surface area contributed by atoms with Crippen LogP contribution in [-0.4, -0.2) is 46.1 Å². The van der Waals surface area contributed by atoms with E-state index in [1.807, 2.05) is 37.4 Å². The van der Waals surface area contributed by atoms with Crippen molar-refractivity contribution >= 4 is 33.2 Å². The molecule has 0 bridgehead atoms. The van der Waals surface area contributed by atoms with E-state index in [0.717, 1.165) is 29.5 Å². The second-order valence-electron chi connectivity index (χ2n) is 7.45. The molecule has 2 aromatic carbocycles. The first kappa shape index (κ1) is 21.1. The molecule has 29 heavy (non-hydrogen) atoms. The fraction of sp³-hybridized carbons (Fsp3) is 0.429. The summed E-state index contributed by atoms with van der Waals surface area (Å²) in [6, 6.07) is 11.4. The van der Waals surface area contributed by atoms with Crippen LogP contribution in [0.25, 0.3) is 0 Å². The highest BCUT2D eigenvalue weighted by Gasteiger charge is 2.32. The van der Waals surface area contributed by atoms with Crippen LogP contribution in [0, 0.1) is 0 Å². The van der Waals surface area contributed by atoms with Gasteiger partial charge in [0.2, 0.25) is 10.0 Å². The Morgan fingerprint density at radius 1 is 1.00 bits per heavy atom. The molecule has 0 radical (unpaired) electrons. The lowest BCUT2D eigenvalue weighted by Crippen LogP contribution is -2.40. The number of halogens is 2. The molecule has 8 heteroatoms. The van der Waals surface area contributed by atoms with Gasteiger partial charge in [-0.2, -0.15) is 4.31 Å². The van der Waals surface area contributed by atoms with E-state index in [0.29, 0.717) is 41.2 Å². The van der Waals surface area contributed by atoms with Crippen LogP contribution >= 0.6 is 23.2 Å². The molecule has 1 aliphatic heterocycles. The monoisotopic (exact) mass is 454 g/mol. The molecule has 2 aliphatic rings. The Bertz CT molecular complexity index is 1010. The van der Waals surface area contributed by atoms with Crippen molar-refractivity contribution in [1.82, 2.24) is 9.62 Å². The SMILES string of the molecule is CN[C@H]1CC[C@@H](c2ccc(Cl)c(Cl)c2)c2ccc(S(=O)(=O)N3CCOCC3)cc21. The lowest BCUT2D eigenvalue weighted by Gasteiger charge is -2.33. The lowest BCUT2D eigenvalue weighted by molar-refractivity contribution is 0.0730. The van der Waals surface area contributed by atoms with Crippen LogP contribution in [0.5, 0.6) is 0 Å². The van der Waals surface area contributed by atoms with Gasteiger partial charge in [0.25, 0.3) is 0 Å². The molecule has 156 valence electrons. The van der Waals surface area contributed by atoms with Gasteiger partial charge in [0, 0.05) is 25.0 Å². The van der Waals surface area contributed by atoms with Crippen LogP contribution in [0.15, 0.2) is 41.3 Å². The molecule has 0 aromatic heterocycles. The number of hydrogen-bond acceptors (Lipinski definition) is 4. The molecular formula is C21H24Cl2N2O3S.